The number of para-hydroxylation sites is 2. The van der Waals surface area contributed by atoms with Gasteiger partial charge in [0, 0.05) is 18.9 Å². The van der Waals surface area contributed by atoms with E-state index in [2.05, 4.69) is 14.9 Å². The van der Waals surface area contributed by atoms with Crippen LogP contribution in [0.5, 0.6) is 0 Å². The van der Waals surface area contributed by atoms with Crippen molar-refractivity contribution in [2.45, 2.75) is 19.5 Å². The third-order valence-electron chi connectivity index (χ3n) is 4.60. The molecule has 0 aliphatic carbocycles. The van der Waals surface area contributed by atoms with Gasteiger partial charge < -0.3 is 9.88 Å². The molecular formula is C22H19FN4O. The summed E-state index contributed by atoms with van der Waals surface area (Å²) in [6.07, 6.45) is 3.16. The highest BCUT2D eigenvalue weighted by molar-refractivity contribution is 5.94. The van der Waals surface area contributed by atoms with E-state index < -0.39 is 0 Å². The van der Waals surface area contributed by atoms with E-state index in [1.54, 1.807) is 30.5 Å². The van der Waals surface area contributed by atoms with Gasteiger partial charge in [0.2, 0.25) is 0 Å². The Kier molecular flexibility index (Phi) is 4.85. The van der Waals surface area contributed by atoms with Crippen LogP contribution >= 0.6 is 0 Å². The Morgan fingerprint density at radius 3 is 2.64 bits per heavy atom. The van der Waals surface area contributed by atoms with Gasteiger partial charge >= 0.3 is 0 Å². The van der Waals surface area contributed by atoms with Crippen LogP contribution in [0.3, 0.4) is 0 Å². The first kappa shape index (κ1) is 17.9. The molecule has 2 heterocycles. The van der Waals surface area contributed by atoms with Crippen LogP contribution in [-0.4, -0.2) is 20.4 Å². The Hall–Kier alpha value is -3.54. The van der Waals surface area contributed by atoms with E-state index in [1.165, 1.54) is 18.3 Å². The second kappa shape index (κ2) is 7.60. The monoisotopic (exact) mass is 374 g/mol. The fourth-order valence-corrected chi connectivity index (χ4v) is 3.20. The standard InChI is InChI=1S/C22H19FN4O/c1-15(25-22(28)17-5-4-12-24-13-17)21-26-19-6-2-3-7-20(19)27(21)14-16-8-10-18(23)11-9-16/h2-13,15H,14H2,1H3,(H,25,28). The molecule has 1 atom stereocenters. The second-order valence-corrected chi connectivity index (χ2v) is 6.61. The van der Waals surface area contributed by atoms with Crippen LogP contribution in [-0.2, 0) is 6.54 Å². The summed E-state index contributed by atoms with van der Waals surface area (Å²) in [5.41, 5.74) is 3.26. The van der Waals surface area contributed by atoms with Crippen LogP contribution in [0.2, 0.25) is 0 Å². The quantitative estimate of drug-likeness (QED) is 0.572. The minimum absolute atomic E-state index is 0.207. The van der Waals surface area contributed by atoms with Gasteiger partial charge in [-0.2, -0.15) is 0 Å². The number of pyridine rings is 1. The molecule has 6 heteroatoms. The summed E-state index contributed by atoms with van der Waals surface area (Å²) in [5, 5.41) is 2.99. The second-order valence-electron chi connectivity index (χ2n) is 6.61. The highest BCUT2D eigenvalue weighted by Crippen LogP contribution is 2.22. The number of imidazole rings is 1. The number of carbonyl (C=O) groups excluding carboxylic acids is 1. The van der Waals surface area contributed by atoms with Crippen LogP contribution in [0, 0.1) is 5.82 Å². The summed E-state index contributed by atoms with van der Waals surface area (Å²) >= 11 is 0. The number of halogens is 1. The van der Waals surface area contributed by atoms with Gasteiger partial charge in [0.05, 0.1) is 22.6 Å². The first-order valence-corrected chi connectivity index (χ1v) is 9.02. The molecule has 4 rings (SSSR count). The predicted molar refractivity (Wildman–Crippen MR) is 105 cm³/mol. The van der Waals surface area contributed by atoms with Gasteiger partial charge in [0.1, 0.15) is 11.6 Å². The number of carbonyl (C=O) groups is 1. The molecule has 0 spiro atoms. The molecule has 0 aliphatic heterocycles. The molecule has 28 heavy (non-hydrogen) atoms. The lowest BCUT2D eigenvalue weighted by molar-refractivity contribution is 0.0937. The van der Waals surface area contributed by atoms with Crippen molar-refractivity contribution >= 4 is 16.9 Å². The summed E-state index contributed by atoms with van der Waals surface area (Å²) in [6, 6.07) is 17.3. The maximum Gasteiger partial charge on any atom is 0.253 e. The topological polar surface area (TPSA) is 59.8 Å². The Labute approximate surface area is 161 Å². The van der Waals surface area contributed by atoms with Crippen molar-refractivity contribution in [2.75, 3.05) is 0 Å². The number of nitrogens with one attached hydrogen (secondary N) is 1. The molecule has 1 amide bonds. The lowest BCUT2D eigenvalue weighted by Crippen LogP contribution is -2.29. The third kappa shape index (κ3) is 3.62. The molecule has 2 aromatic heterocycles. The molecule has 1 unspecified atom stereocenters. The fraction of sp³-hybridized carbons (Fsp3) is 0.136. The summed E-state index contributed by atoms with van der Waals surface area (Å²) < 4.78 is 15.3. The van der Waals surface area contributed by atoms with Crippen LogP contribution < -0.4 is 5.32 Å². The first-order valence-electron chi connectivity index (χ1n) is 9.02. The molecule has 2 aromatic carbocycles. The Balaban J connectivity index is 1.67. The largest absolute Gasteiger partial charge is 0.342 e. The zero-order valence-electron chi connectivity index (χ0n) is 15.3. The Morgan fingerprint density at radius 2 is 1.89 bits per heavy atom. The van der Waals surface area contributed by atoms with Gasteiger partial charge in [-0.1, -0.05) is 24.3 Å². The van der Waals surface area contributed by atoms with Crippen LogP contribution in [0.4, 0.5) is 4.39 Å². The van der Waals surface area contributed by atoms with Gasteiger partial charge in [-0.15, -0.1) is 0 Å². The Bertz CT molecular complexity index is 1110. The summed E-state index contributed by atoms with van der Waals surface area (Å²) in [6.45, 7) is 2.43. The van der Waals surface area contributed by atoms with Crippen molar-refractivity contribution in [1.82, 2.24) is 19.9 Å². The van der Waals surface area contributed by atoms with E-state index in [0.29, 0.717) is 12.1 Å². The van der Waals surface area contributed by atoms with E-state index in [1.807, 2.05) is 31.2 Å². The zero-order valence-corrected chi connectivity index (χ0v) is 15.3. The van der Waals surface area contributed by atoms with Gasteiger partial charge in [-0.3, -0.25) is 9.78 Å². The minimum Gasteiger partial charge on any atom is -0.342 e. The van der Waals surface area contributed by atoms with Crippen molar-refractivity contribution in [2.24, 2.45) is 0 Å². The number of aromatic nitrogens is 3. The number of benzene rings is 2. The van der Waals surface area contributed by atoms with Crippen LogP contribution in [0.15, 0.2) is 73.1 Å². The molecule has 4 aromatic rings. The molecule has 1 N–H and O–H groups in total. The highest BCUT2D eigenvalue weighted by atomic mass is 19.1. The van der Waals surface area contributed by atoms with E-state index in [4.69, 9.17) is 4.98 Å². The number of hydrogen-bond donors (Lipinski definition) is 1. The number of rotatable bonds is 5. The smallest absolute Gasteiger partial charge is 0.253 e. The maximum atomic E-state index is 13.3. The molecule has 0 bridgehead atoms. The fourth-order valence-electron chi connectivity index (χ4n) is 3.20. The average molecular weight is 374 g/mol. The maximum absolute atomic E-state index is 13.3. The van der Waals surface area contributed by atoms with E-state index in [0.717, 1.165) is 22.4 Å². The molecule has 0 saturated carbocycles. The number of amides is 1. The molecule has 0 saturated heterocycles. The summed E-state index contributed by atoms with van der Waals surface area (Å²) in [4.78, 5) is 21.2. The van der Waals surface area contributed by atoms with Gasteiger partial charge in [0.15, 0.2) is 0 Å². The lowest BCUT2D eigenvalue weighted by Gasteiger charge is -2.16. The van der Waals surface area contributed by atoms with Crippen LogP contribution in [0.25, 0.3) is 11.0 Å². The van der Waals surface area contributed by atoms with Crippen molar-refractivity contribution in [3.63, 3.8) is 0 Å². The van der Waals surface area contributed by atoms with Crippen molar-refractivity contribution in [3.8, 4) is 0 Å². The van der Waals surface area contributed by atoms with Gasteiger partial charge in [-0.05, 0) is 48.9 Å². The molecule has 0 aliphatic rings. The normalized spacial score (nSPS) is 12.1. The van der Waals surface area contributed by atoms with E-state index in [-0.39, 0.29) is 17.8 Å². The third-order valence-corrected chi connectivity index (χ3v) is 4.60. The highest BCUT2D eigenvalue weighted by Gasteiger charge is 2.19. The van der Waals surface area contributed by atoms with Crippen LogP contribution in [0.1, 0.15) is 34.7 Å². The lowest BCUT2D eigenvalue weighted by atomic mass is 10.2. The van der Waals surface area contributed by atoms with Gasteiger partial charge in [0.25, 0.3) is 5.91 Å². The molecule has 0 fully saturated rings. The first-order chi connectivity index (χ1) is 13.6. The molecule has 5 nitrogen and oxygen atoms in total. The predicted octanol–water partition coefficient (Wildman–Crippen LogP) is 4.11. The molecule has 140 valence electrons. The average Bonchev–Trinajstić information content (AvgIpc) is 3.09. The van der Waals surface area contributed by atoms with Crippen molar-refractivity contribution in [3.05, 3.63) is 95.8 Å². The zero-order chi connectivity index (χ0) is 19.5. The minimum atomic E-state index is -0.319. The van der Waals surface area contributed by atoms with E-state index >= 15 is 0 Å². The summed E-state index contributed by atoms with van der Waals surface area (Å²) in [7, 11) is 0. The molecule has 0 radical (unpaired) electrons. The number of hydrogen-bond acceptors (Lipinski definition) is 3. The Morgan fingerprint density at radius 1 is 1.11 bits per heavy atom. The van der Waals surface area contributed by atoms with Crippen molar-refractivity contribution in [1.29, 1.82) is 0 Å². The van der Waals surface area contributed by atoms with E-state index in [9.17, 15) is 9.18 Å². The SMILES string of the molecule is CC(NC(=O)c1cccnc1)c1nc2ccccc2n1Cc1ccc(F)cc1. The number of nitrogens with zero attached hydrogens (tertiary/aromatic N) is 3. The number of fused-ring (bicyclic) bond motifs is 1. The van der Waals surface area contributed by atoms with Gasteiger partial charge in [-0.25, -0.2) is 9.37 Å². The summed E-state index contributed by atoms with van der Waals surface area (Å²) in [5.74, 6) is 0.264. The van der Waals surface area contributed by atoms with Crippen molar-refractivity contribution < 1.29 is 9.18 Å². The molecular weight excluding hydrogens is 355 g/mol.